The summed E-state index contributed by atoms with van der Waals surface area (Å²) in [5, 5.41) is 15.4. The van der Waals surface area contributed by atoms with Crippen LogP contribution in [0, 0.1) is 11.3 Å². The second-order valence-corrected chi connectivity index (χ2v) is 7.17. The molecule has 1 heterocycles. The third-order valence-electron chi connectivity index (χ3n) is 3.02. The van der Waals surface area contributed by atoms with E-state index in [0.717, 1.165) is 0 Å². The van der Waals surface area contributed by atoms with Crippen molar-refractivity contribution < 1.29 is 13.2 Å². The summed E-state index contributed by atoms with van der Waals surface area (Å²) in [4.78, 5) is 12.3. The molecule has 2 N–H and O–H groups in total. The molecule has 0 saturated carbocycles. The van der Waals surface area contributed by atoms with Crippen LogP contribution in [0.5, 0.6) is 0 Å². The molecule has 2 aromatic rings. The molecule has 1 atom stereocenters. The monoisotopic (exact) mass is 349 g/mol. The van der Waals surface area contributed by atoms with Crippen LogP contribution in [-0.4, -0.2) is 20.9 Å². The highest BCUT2D eigenvalue weighted by atomic mass is 32.2. The summed E-state index contributed by atoms with van der Waals surface area (Å²) >= 11 is 1.43. The van der Waals surface area contributed by atoms with E-state index in [1.807, 2.05) is 11.4 Å². The molecule has 1 amide bonds. The fraction of sp³-hybridized carbons (Fsp3) is 0.200. The van der Waals surface area contributed by atoms with Crippen molar-refractivity contribution in [3.8, 4) is 6.07 Å². The molecule has 23 heavy (non-hydrogen) atoms. The van der Waals surface area contributed by atoms with E-state index in [2.05, 4.69) is 10.0 Å². The Labute approximate surface area is 138 Å². The van der Waals surface area contributed by atoms with Gasteiger partial charge in [0.2, 0.25) is 10.0 Å². The molecule has 0 aliphatic rings. The van der Waals surface area contributed by atoms with Crippen LogP contribution in [0.2, 0.25) is 0 Å². The van der Waals surface area contributed by atoms with E-state index in [9.17, 15) is 18.5 Å². The van der Waals surface area contributed by atoms with Crippen LogP contribution in [0.1, 0.15) is 28.9 Å². The maximum atomic E-state index is 12.3. The minimum Gasteiger partial charge on any atom is -0.332 e. The molecule has 0 spiro atoms. The molecule has 8 heteroatoms. The fourth-order valence-corrected chi connectivity index (χ4v) is 3.69. The number of thiophene rings is 1. The predicted octanol–water partition coefficient (Wildman–Crippen LogP) is 2.04. The summed E-state index contributed by atoms with van der Waals surface area (Å²) in [5.41, 5.74) is 0.877. The number of sulfonamides is 1. The molecular formula is C15H15N3O3S2. The lowest BCUT2D eigenvalue weighted by Gasteiger charge is -2.11. The largest absolute Gasteiger partial charge is 0.332 e. The first kappa shape index (κ1) is 17.1. The van der Waals surface area contributed by atoms with Crippen molar-refractivity contribution in [3.63, 3.8) is 0 Å². The van der Waals surface area contributed by atoms with Gasteiger partial charge in [-0.05, 0) is 40.6 Å². The molecule has 0 saturated heterocycles. The smallest absolute Gasteiger partial charge is 0.252 e. The number of nitrogens with one attached hydrogen (secondary N) is 2. The van der Waals surface area contributed by atoms with E-state index >= 15 is 0 Å². The number of hydrogen-bond acceptors (Lipinski definition) is 5. The van der Waals surface area contributed by atoms with Crippen molar-refractivity contribution in [1.29, 1.82) is 5.26 Å². The van der Waals surface area contributed by atoms with Gasteiger partial charge >= 0.3 is 0 Å². The van der Waals surface area contributed by atoms with E-state index in [1.54, 1.807) is 18.4 Å². The quantitative estimate of drug-likeness (QED) is 0.833. The number of hydrogen-bond donors (Lipinski definition) is 2. The van der Waals surface area contributed by atoms with Gasteiger partial charge in [-0.2, -0.15) is 16.6 Å². The molecule has 0 aliphatic carbocycles. The van der Waals surface area contributed by atoms with E-state index in [4.69, 9.17) is 0 Å². The predicted molar refractivity (Wildman–Crippen MR) is 87.4 cm³/mol. The molecule has 0 radical (unpaired) electrons. The topological polar surface area (TPSA) is 99.1 Å². The first-order chi connectivity index (χ1) is 11.0. The number of benzene rings is 1. The number of rotatable bonds is 6. The normalized spacial score (nSPS) is 12.3. The summed E-state index contributed by atoms with van der Waals surface area (Å²) in [6.07, 6.45) is 0. The number of carbonyl (C=O) groups is 1. The summed E-state index contributed by atoms with van der Waals surface area (Å²) in [7, 11) is -3.64. The molecular weight excluding hydrogens is 334 g/mol. The average molecular weight is 349 g/mol. The molecule has 1 aromatic heterocycles. The highest BCUT2D eigenvalue weighted by Gasteiger charge is 2.18. The fourth-order valence-electron chi connectivity index (χ4n) is 1.92. The highest BCUT2D eigenvalue weighted by molar-refractivity contribution is 7.89. The number of nitriles is 1. The summed E-state index contributed by atoms with van der Waals surface area (Å²) < 4.78 is 26.3. The lowest BCUT2D eigenvalue weighted by molar-refractivity contribution is 0.0945. The molecule has 0 fully saturated rings. The zero-order chi connectivity index (χ0) is 16.9. The molecule has 0 bridgehead atoms. The Morgan fingerprint density at radius 3 is 2.78 bits per heavy atom. The summed E-state index contributed by atoms with van der Waals surface area (Å²) in [6.45, 7) is 1.93. The highest BCUT2D eigenvalue weighted by Crippen LogP contribution is 2.17. The standard InChI is InChI=1S/C15H15N3O3S2/c1-2-17-23(20,21)13-5-3-4-11(8-13)15(19)18-14(9-16)12-6-7-22-10-12/h3-8,10,14,17H,2H2,1H3,(H,18,19). The third-order valence-corrected chi connectivity index (χ3v) is 5.27. The molecule has 1 unspecified atom stereocenters. The van der Waals surface area contributed by atoms with E-state index < -0.39 is 22.0 Å². The van der Waals surface area contributed by atoms with Crippen molar-refractivity contribution in [2.45, 2.75) is 17.9 Å². The minimum absolute atomic E-state index is 0.0102. The van der Waals surface area contributed by atoms with E-state index in [1.165, 1.54) is 35.6 Å². The van der Waals surface area contributed by atoms with Crippen LogP contribution >= 0.6 is 11.3 Å². The second kappa shape index (κ2) is 7.37. The van der Waals surface area contributed by atoms with Crippen LogP contribution in [0.4, 0.5) is 0 Å². The Bertz CT molecular complexity index is 824. The Kier molecular flexibility index (Phi) is 5.50. The van der Waals surface area contributed by atoms with Gasteiger partial charge in [0, 0.05) is 12.1 Å². The lowest BCUT2D eigenvalue weighted by Crippen LogP contribution is -2.28. The number of nitrogens with zero attached hydrogens (tertiary/aromatic N) is 1. The Hall–Kier alpha value is -2.21. The van der Waals surface area contributed by atoms with Crippen molar-refractivity contribution in [2.75, 3.05) is 6.54 Å². The number of amides is 1. The maximum absolute atomic E-state index is 12.3. The molecule has 1 aromatic carbocycles. The zero-order valence-electron chi connectivity index (χ0n) is 12.3. The second-order valence-electron chi connectivity index (χ2n) is 4.62. The van der Waals surface area contributed by atoms with Crippen LogP contribution < -0.4 is 10.0 Å². The molecule has 0 aliphatic heterocycles. The zero-order valence-corrected chi connectivity index (χ0v) is 13.9. The van der Waals surface area contributed by atoms with Gasteiger partial charge in [-0.25, -0.2) is 13.1 Å². The maximum Gasteiger partial charge on any atom is 0.252 e. The van der Waals surface area contributed by atoms with Crippen LogP contribution in [0.3, 0.4) is 0 Å². The first-order valence-electron chi connectivity index (χ1n) is 6.80. The molecule has 120 valence electrons. The van der Waals surface area contributed by atoms with E-state index in [0.29, 0.717) is 5.56 Å². The minimum atomic E-state index is -3.64. The van der Waals surface area contributed by atoms with Crippen LogP contribution in [-0.2, 0) is 10.0 Å². The van der Waals surface area contributed by atoms with Gasteiger partial charge in [-0.1, -0.05) is 13.0 Å². The van der Waals surface area contributed by atoms with Crippen molar-refractivity contribution >= 4 is 27.3 Å². The first-order valence-corrected chi connectivity index (χ1v) is 9.23. The van der Waals surface area contributed by atoms with Gasteiger partial charge in [0.15, 0.2) is 0 Å². The van der Waals surface area contributed by atoms with Gasteiger partial charge in [-0.15, -0.1) is 0 Å². The van der Waals surface area contributed by atoms with Gasteiger partial charge in [0.05, 0.1) is 11.0 Å². The molecule has 6 nitrogen and oxygen atoms in total. The van der Waals surface area contributed by atoms with Crippen LogP contribution in [0.25, 0.3) is 0 Å². The lowest BCUT2D eigenvalue weighted by atomic mass is 10.1. The van der Waals surface area contributed by atoms with Crippen molar-refractivity contribution in [3.05, 3.63) is 52.2 Å². The van der Waals surface area contributed by atoms with E-state index in [-0.39, 0.29) is 17.0 Å². The Morgan fingerprint density at radius 1 is 1.39 bits per heavy atom. The Morgan fingerprint density at radius 2 is 2.17 bits per heavy atom. The summed E-state index contributed by atoms with van der Waals surface area (Å²) in [5.74, 6) is -0.503. The SMILES string of the molecule is CCNS(=O)(=O)c1cccc(C(=O)NC(C#N)c2ccsc2)c1. The van der Waals surface area contributed by atoms with Crippen molar-refractivity contribution in [2.24, 2.45) is 0 Å². The van der Waals surface area contributed by atoms with Gasteiger partial charge in [0.1, 0.15) is 6.04 Å². The van der Waals surface area contributed by atoms with Gasteiger partial charge in [-0.3, -0.25) is 4.79 Å². The average Bonchev–Trinajstić information content (AvgIpc) is 3.06. The summed E-state index contributed by atoms with van der Waals surface area (Å²) in [6, 6.07) is 8.69. The van der Waals surface area contributed by atoms with Gasteiger partial charge in [0.25, 0.3) is 5.91 Å². The van der Waals surface area contributed by atoms with Crippen LogP contribution in [0.15, 0.2) is 46.0 Å². The third kappa shape index (κ3) is 4.16. The Balaban J connectivity index is 2.22. The van der Waals surface area contributed by atoms with Gasteiger partial charge < -0.3 is 5.32 Å². The van der Waals surface area contributed by atoms with Crippen molar-refractivity contribution in [1.82, 2.24) is 10.0 Å². The number of carbonyl (C=O) groups excluding carboxylic acids is 1. The molecule has 2 rings (SSSR count).